The minimum atomic E-state index is -0.329. The molecule has 1 fully saturated rings. The van der Waals surface area contributed by atoms with Gasteiger partial charge in [0.2, 0.25) is 0 Å². The predicted molar refractivity (Wildman–Crippen MR) is 108 cm³/mol. The first-order chi connectivity index (χ1) is 12.9. The normalized spacial score (nSPS) is 18.8. The van der Waals surface area contributed by atoms with Crippen molar-refractivity contribution in [3.05, 3.63) is 35.6 Å². The van der Waals surface area contributed by atoms with E-state index in [-0.39, 0.29) is 17.5 Å². The number of halogens is 1. The number of carbonyl (C=O) groups is 1. The number of hydrogen-bond donors (Lipinski definition) is 0. The van der Waals surface area contributed by atoms with E-state index in [1.807, 2.05) is 13.0 Å². The Bertz CT molecular complexity index is 585. The lowest BCUT2D eigenvalue weighted by molar-refractivity contribution is -0.150. The summed E-state index contributed by atoms with van der Waals surface area (Å²) in [6, 6.07) is 7.29. The van der Waals surface area contributed by atoms with Gasteiger partial charge < -0.3 is 19.3 Å². The maximum atomic E-state index is 13.3. The van der Waals surface area contributed by atoms with Crippen molar-refractivity contribution >= 4 is 6.29 Å². The van der Waals surface area contributed by atoms with Crippen LogP contribution in [0.2, 0.25) is 0 Å². The van der Waals surface area contributed by atoms with Gasteiger partial charge in [0.05, 0.1) is 5.60 Å². The van der Waals surface area contributed by atoms with Crippen LogP contribution in [-0.4, -0.2) is 67.1 Å². The molecule has 1 aliphatic heterocycles. The third kappa shape index (κ3) is 6.66. The van der Waals surface area contributed by atoms with Crippen LogP contribution in [0, 0.1) is 5.82 Å². The van der Waals surface area contributed by atoms with E-state index in [0.717, 1.165) is 57.3 Å². The van der Waals surface area contributed by atoms with Crippen LogP contribution in [-0.2, 0) is 16.0 Å². The van der Waals surface area contributed by atoms with Crippen molar-refractivity contribution in [1.29, 1.82) is 0 Å². The fraction of sp³-hybridized carbons (Fsp3) is 0.682. The van der Waals surface area contributed by atoms with Crippen LogP contribution in [0.4, 0.5) is 4.39 Å². The average molecular weight is 379 g/mol. The van der Waals surface area contributed by atoms with Crippen LogP contribution >= 0.6 is 0 Å². The average Bonchev–Trinajstić information content (AvgIpc) is 2.65. The third-order valence-electron chi connectivity index (χ3n) is 5.75. The van der Waals surface area contributed by atoms with Crippen molar-refractivity contribution in [2.75, 3.05) is 33.2 Å². The molecule has 1 heterocycles. The second kappa shape index (κ2) is 10.3. The number of piperidine rings is 1. The highest BCUT2D eigenvalue weighted by Crippen LogP contribution is 2.30. The number of aldehydes is 1. The maximum Gasteiger partial charge on any atom is 0.148 e. The summed E-state index contributed by atoms with van der Waals surface area (Å²) in [5.74, 6) is -0.172. The van der Waals surface area contributed by atoms with Crippen LogP contribution in [0.25, 0.3) is 0 Å². The second-order valence-corrected chi connectivity index (χ2v) is 8.11. The zero-order valence-electron chi connectivity index (χ0n) is 17.3. The van der Waals surface area contributed by atoms with Gasteiger partial charge in [-0.15, -0.1) is 0 Å². The van der Waals surface area contributed by atoms with E-state index < -0.39 is 0 Å². The van der Waals surface area contributed by atoms with Crippen LogP contribution in [0.5, 0.6) is 0 Å². The summed E-state index contributed by atoms with van der Waals surface area (Å²) in [5, 5.41) is 0. The molecule has 1 atom stereocenters. The Kier molecular flexibility index (Phi) is 8.39. The summed E-state index contributed by atoms with van der Waals surface area (Å²) in [6.45, 7) is 10.00. The molecule has 27 heavy (non-hydrogen) atoms. The molecule has 1 unspecified atom stereocenters. The summed E-state index contributed by atoms with van der Waals surface area (Å²) in [6.07, 6.45) is 4.00. The van der Waals surface area contributed by atoms with Gasteiger partial charge in [-0.05, 0) is 64.3 Å². The Labute approximate surface area is 163 Å². The fourth-order valence-corrected chi connectivity index (χ4v) is 3.64. The molecule has 0 aromatic heterocycles. The van der Waals surface area contributed by atoms with Gasteiger partial charge in [0.1, 0.15) is 18.2 Å². The highest BCUT2D eigenvalue weighted by Gasteiger charge is 2.38. The predicted octanol–water partition coefficient (Wildman–Crippen LogP) is 3.54. The molecule has 0 radical (unpaired) electrons. The number of nitrogens with zero attached hydrogens (tertiary/aromatic N) is 2. The SMILES string of the molecule is CCC(C=O)OC1(CN(C)C(C)C)CCN(CCc2cccc(F)c2)CC1. The molecule has 0 spiro atoms. The number of hydrogen-bond acceptors (Lipinski definition) is 4. The zero-order valence-corrected chi connectivity index (χ0v) is 17.3. The van der Waals surface area contributed by atoms with E-state index in [0.29, 0.717) is 12.5 Å². The van der Waals surface area contributed by atoms with Crippen molar-refractivity contribution in [3.8, 4) is 0 Å². The van der Waals surface area contributed by atoms with E-state index in [9.17, 15) is 9.18 Å². The number of rotatable bonds is 10. The van der Waals surface area contributed by atoms with Gasteiger partial charge in [0.15, 0.2) is 0 Å². The second-order valence-electron chi connectivity index (χ2n) is 8.11. The minimum absolute atomic E-state index is 0.172. The minimum Gasteiger partial charge on any atom is -0.363 e. The molecule has 0 bridgehead atoms. The van der Waals surface area contributed by atoms with Crippen LogP contribution < -0.4 is 0 Å². The molecular weight excluding hydrogens is 343 g/mol. The highest BCUT2D eigenvalue weighted by atomic mass is 19.1. The number of carbonyl (C=O) groups excluding carboxylic acids is 1. The molecule has 2 rings (SSSR count). The lowest BCUT2D eigenvalue weighted by Gasteiger charge is -2.45. The molecule has 1 aliphatic rings. The van der Waals surface area contributed by atoms with Crippen LogP contribution in [0.1, 0.15) is 45.6 Å². The Morgan fingerprint density at radius 3 is 2.59 bits per heavy atom. The maximum absolute atomic E-state index is 13.3. The lowest BCUT2D eigenvalue weighted by Crippen LogP contribution is -2.54. The van der Waals surface area contributed by atoms with Crippen molar-refractivity contribution in [2.45, 2.75) is 64.2 Å². The Balaban J connectivity index is 1.95. The van der Waals surface area contributed by atoms with Gasteiger partial charge in [-0.25, -0.2) is 4.39 Å². The summed E-state index contributed by atoms with van der Waals surface area (Å²) in [4.78, 5) is 16.1. The standard InChI is InChI=1S/C22H35FN2O2/c1-5-21(16-26)27-22(17-24(4)18(2)3)10-13-25(14-11-22)12-9-19-7-6-8-20(23)15-19/h6-8,15-16,18,21H,5,9-14,17H2,1-4H3. The van der Waals surface area contributed by atoms with Crippen molar-refractivity contribution in [2.24, 2.45) is 0 Å². The van der Waals surface area contributed by atoms with Gasteiger partial charge in [-0.3, -0.25) is 0 Å². The first-order valence-corrected chi connectivity index (χ1v) is 10.2. The molecule has 1 aromatic carbocycles. The lowest BCUT2D eigenvalue weighted by atomic mass is 9.89. The number of likely N-dealkylation sites (tertiary alicyclic amines) is 1. The Hall–Kier alpha value is -1.30. The van der Waals surface area contributed by atoms with Gasteiger partial charge in [-0.1, -0.05) is 19.1 Å². The topological polar surface area (TPSA) is 32.8 Å². The molecule has 152 valence electrons. The first-order valence-electron chi connectivity index (χ1n) is 10.2. The van der Waals surface area contributed by atoms with Crippen molar-refractivity contribution < 1.29 is 13.9 Å². The molecule has 0 N–H and O–H groups in total. The largest absolute Gasteiger partial charge is 0.363 e. The highest BCUT2D eigenvalue weighted by molar-refractivity contribution is 5.55. The van der Waals surface area contributed by atoms with Crippen molar-refractivity contribution in [3.63, 3.8) is 0 Å². The molecule has 5 heteroatoms. The summed E-state index contributed by atoms with van der Waals surface area (Å²) >= 11 is 0. The smallest absolute Gasteiger partial charge is 0.148 e. The zero-order chi connectivity index (χ0) is 19.9. The molecule has 1 saturated heterocycles. The Morgan fingerprint density at radius 2 is 2.04 bits per heavy atom. The van der Waals surface area contributed by atoms with Gasteiger partial charge in [0, 0.05) is 32.2 Å². The fourth-order valence-electron chi connectivity index (χ4n) is 3.64. The number of ether oxygens (including phenoxy) is 1. The van der Waals surface area contributed by atoms with Crippen molar-refractivity contribution in [1.82, 2.24) is 9.80 Å². The van der Waals surface area contributed by atoms with Crippen LogP contribution in [0.3, 0.4) is 0 Å². The van der Waals surface area contributed by atoms with E-state index in [2.05, 4.69) is 30.7 Å². The summed E-state index contributed by atoms with van der Waals surface area (Å²) in [5.41, 5.74) is 0.769. The molecule has 4 nitrogen and oxygen atoms in total. The first kappa shape index (κ1) is 22.0. The summed E-state index contributed by atoms with van der Waals surface area (Å²) < 4.78 is 19.7. The van der Waals surface area contributed by atoms with Crippen LogP contribution in [0.15, 0.2) is 24.3 Å². The monoisotopic (exact) mass is 378 g/mol. The quantitative estimate of drug-likeness (QED) is 0.583. The molecular formula is C22H35FN2O2. The van der Waals surface area contributed by atoms with Gasteiger partial charge in [0.25, 0.3) is 0 Å². The van der Waals surface area contributed by atoms with E-state index >= 15 is 0 Å². The summed E-state index contributed by atoms with van der Waals surface area (Å²) in [7, 11) is 2.12. The number of benzene rings is 1. The van der Waals surface area contributed by atoms with E-state index in [1.54, 1.807) is 12.1 Å². The molecule has 1 aromatic rings. The molecule has 0 amide bonds. The van der Waals surface area contributed by atoms with E-state index in [4.69, 9.17) is 4.74 Å². The van der Waals surface area contributed by atoms with Gasteiger partial charge >= 0.3 is 0 Å². The van der Waals surface area contributed by atoms with E-state index in [1.165, 1.54) is 6.07 Å². The number of likely N-dealkylation sites (N-methyl/N-ethyl adjacent to an activating group) is 1. The third-order valence-corrected chi connectivity index (χ3v) is 5.75. The molecule has 0 saturated carbocycles. The van der Waals surface area contributed by atoms with Gasteiger partial charge in [-0.2, -0.15) is 0 Å². The Morgan fingerprint density at radius 1 is 1.33 bits per heavy atom. The molecule has 0 aliphatic carbocycles.